The van der Waals surface area contributed by atoms with Gasteiger partial charge in [-0.1, -0.05) is 0 Å². The molecule has 1 aromatic carbocycles. The van der Waals surface area contributed by atoms with Gasteiger partial charge < -0.3 is 4.74 Å². The summed E-state index contributed by atoms with van der Waals surface area (Å²) in [6, 6.07) is 4.10. The van der Waals surface area contributed by atoms with Crippen molar-refractivity contribution in [3.8, 4) is 5.75 Å². The fourth-order valence-electron chi connectivity index (χ4n) is 1.69. The summed E-state index contributed by atoms with van der Waals surface area (Å²) in [5, 5.41) is 0. The summed E-state index contributed by atoms with van der Waals surface area (Å²) in [7, 11) is 0. The van der Waals surface area contributed by atoms with Crippen molar-refractivity contribution >= 4 is 12.1 Å². The Labute approximate surface area is 96.4 Å². The zero-order chi connectivity index (χ0) is 12.4. The SMILES string of the molecule is O=CC(=O)c1ccc(OC(F)F)c(C2CC2)c1. The molecule has 0 aliphatic heterocycles. The molecule has 17 heavy (non-hydrogen) atoms. The first-order valence-corrected chi connectivity index (χ1v) is 5.20. The Morgan fingerprint density at radius 2 is 2.12 bits per heavy atom. The molecule has 0 heterocycles. The van der Waals surface area contributed by atoms with E-state index >= 15 is 0 Å². The lowest BCUT2D eigenvalue weighted by molar-refractivity contribution is -0.104. The highest BCUT2D eigenvalue weighted by molar-refractivity contribution is 6.33. The molecule has 0 unspecified atom stereocenters. The molecule has 0 N–H and O–H groups in total. The number of halogens is 2. The lowest BCUT2D eigenvalue weighted by Crippen LogP contribution is -2.06. The highest BCUT2D eigenvalue weighted by Gasteiger charge is 2.28. The van der Waals surface area contributed by atoms with Gasteiger partial charge in [0.25, 0.3) is 0 Å². The molecule has 0 saturated heterocycles. The van der Waals surface area contributed by atoms with E-state index in [1.165, 1.54) is 18.2 Å². The Morgan fingerprint density at radius 3 is 2.65 bits per heavy atom. The van der Waals surface area contributed by atoms with Gasteiger partial charge in [0, 0.05) is 5.56 Å². The molecule has 1 aliphatic rings. The minimum atomic E-state index is -2.89. The largest absolute Gasteiger partial charge is 0.435 e. The summed E-state index contributed by atoms with van der Waals surface area (Å²) >= 11 is 0. The number of ether oxygens (including phenoxy) is 1. The zero-order valence-electron chi connectivity index (χ0n) is 8.86. The normalized spacial score (nSPS) is 14.8. The third-order valence-corrected chi connectivity index (χ3v) is 2.63. The van der Waals surface area contributed by atoms with Gasteiger partial charge in [0.05, 0.1) is 0 Å². The van der Waals surface area contributed by atoms with E-state index in [0.717, 1.165) is 12.8 Å². The van der Waals surface area contributed by atoms with Gasteiger partial charge in [-0.15, -0.1) is 0 Å². The monoisotopic (exact) mass is 240 g/mol. The van der Waals surface area contributed by atoms with E-state index in [0.29, 0.717) is 5.56 Å². The number of benzene rings is 1. The number of carbonyl (C=O) groups is 2. The predicted molar refractivity (Wildman–Crippen MR) is 55.4 cm³/mol. The number of hydrogen-bond donors (Lipinski definition) is 0. The van der Waals surface area contributed by atoms with Crippen molar-refractivity contribution < 1.29 is 23.1 Å². The lowest BCUT2D eigenvalue weighted by Gasteiger charge is -2.10. The van der Waals surface area contributed by atoms with Crippen LogP contribution in [0.5, 0.6) is 5.75 Å². The van der Waals surface area contributed by atoms with E-state index in [4.69, 9.17) is 0 Å². The Kier molecular flexibility index (Phi) is 3.17. The highest BCUT2D eigenvalue weighted by Crippen LogP contribution is 2.44. The lowest BCUT2D eigenvalue weighted by atomic mass is 10.0. The third kappa shape index (κ3) is 2.67. The van der Waals surface area contributed by atoms with Gasteiger partial charge in [-0.3, -0.25) is 9.59 Å². The summed E-state index contributed by atoms with van der Waals surface area (Å²) in [4.78, 5) is 21.5. The van der Waals surface area contributed by atoms with Crippen LogP contribution in [0.3, 0.4) is 0 Å². The van der Waals surface area contributed by atoms with Gasteiger partial charge in [-0.25, -0.2) is 0 Å². The Morgan fingerprint density at radius 1 is 1.41 bits per heavy atom. The van der Waals surface area contributed by atoms with Crippen LogP contribution in [-0.4, -0.2) is 18.7 Å². The van der Waals surface area contributed by atoms with Gasteiger partial charge in [0.2, 0.25) is 5.78 Å². The van der Waals surface area contributed by atoms with Gasteiger partial charge >= 0.3 is 6.61 Å². The first-order chi connectivity index (χ1) is 8.11. The van der Waals surface area contributed by atoms with Crippen molar-refractivity contribution in [2.75, 3.05) is 0 Å². The van der Waals surface area contributed by atoms with E-state index in [-0.39, 0.29) is 23.5 Å². The predicted octanol–water partition coefficient (Wildman–Crippen LogP) is 2.55. The third-order valence-electron chi connectivity index (χ3n) is 2.63. The van der Waals surface area contributed by atoms with Crippen LogP contribution in [-0.2, 0) is 4.79 Å². The molecule has 0 bridgehead atoms. The molecule has 2 rings (SSSR count). The van der Waals surface area contributed by atoms with Crippen molar-refractivity contribution in [2.24, 2.45) is 0 Å². The second-order valence-electron chi connectivity index (χ2n) is 3.89. The van der Waals surface area contributed by atoms with E-state index in [1.807, 2.05) is 0 Å². The number of Topliss-reactive ketones (excluding diaryl/α,β-unsaturated/α-hetero) is 1. The Bertz CT molecular complexity index is 453. The molecule has 90 valence electrons. The molecule has 0 amide bonds. The number of hydrogen-bond acceptors (Lipinski definition) is 3. The molecule has 1 fully saturated rings. The van der Waals surface area contributed by atoms with Crippen LogP contribution < -0.4 is 4.74 Å². The van der Waals surface area contributed by atoms with Crippen LogP contribution in [0, 0.1) is 0 Å². The fourth-order valence-corrected chi connectivity index (χ4v) is 1.69. The number of carbonyl (C=O) groups excluding carboxylic acids is 2. The smallest absolute Gasteiger partial charge is 0.387 e. The molecule has 3 nitrogen and oxygen atoms in total. The molecule has 0 aromatic heterocycles. The summed E-state index contributed by atoms with van der Waals surface area (Å²) in [6.45, 7) is -2.89. The molecule has 0 atom stereocenters. The molecule has 0 spiro atoms. The molecule has 1 aliphatic carbocycles. The maximum absolute atomic E-state index is 12.2. The molecule has 1 aromatic rings. The second-order valence-corrected chi connectivity index (χ2v) is 3.89. The van der Waals surface area contributed by atoms with Crippen LogP contribution in [0.4, 0.5) is 8.78 Å². The Balaban J connectivity index is 2.34. The maximum Gasteiger partial charge on any atom is 0.387 e. The minimum Gasteiger partial charge on any atom is -0.435 e. The van der Waals surface area contributed by atoms with Crippen molar-refractivity contribution in [1.29, 1.82) is 0 Å². The van der Waals surface area contributed by atoms with Crippen molar-refractivity contribution in [2.45, 2.75) is 25.4 Å². The van der Waals surface area contributed by atoms with Crippen LogP contribution in [0.2, 0.25) is 0 Å². The van der Waals surface area contributed by atoms with Crippen molar-refractivity contribution in [3.05, 3.63) is 29.3 Å². The quantitative estimate of drug-likeness (QED) is 0.451. The molecule has 1 saturated carbocycles. The average molecular weight is 240 g/mol. The van der Waals surface area contributed by atoms with Crippen LogP contribution >= 0.6 is 0 Å². The summed E-state index contributed by atoms with van der Waals surface area (Å²) < 4.78 is 28.7. The van der Waals surface area contributed by atoms with E-state index in [9.17, 15) is 18.4 Å². The topological polar surface area (TPSA) is 43.4 Å². The highest BCUT2D eigenvalue weighted by atomic mass is 19.3. The summed E-state index contributed by atoms with van der Waals surface area (Å²) in [5.74, 6) is -0.413. The number of aldehydes is 1. The van der Waals surface area contributed by atoms with E-state index in [1.54, 1.807) is 0 Å². The first-order valence-electron chi connectivity index (χ1n) is 5.20. The molecular formula is C12H10F2O3. The Hall–Kier alpha value is -1.78. The average Bonchev–Trinajstić information content (AvgIpc) is 3.11. The zero-order valence-corrected chi connectivity index (χ0v) is 8.86. The van der Waals surface area contributed by atoms with E-state index in [2.05, 4.69) is 4.74 Å². The number of alkyl halides is 2. The minimum absolute atomic E-state index is 0.0879. The fraction of sp³-hybridized carbons (Fsp3) is 0.333. The number of rotatable bonds is 5. The van der Waals surface area contributed by atoms with Gasteiger partial charge in [0.1, 0.15) is 5.75 Å². The molecule has 0 radical (unpaired) electrons. The number of ketones is 1. The van der Waals surface area contributed by atoms with Crippen LogP contribution in [0.15, 0.2) is 18.2 Å². The van der Waals surface area contributed by atoms with Crippen LogP contribution in [0.1, 0.15) is 34.7 Å². The van der Waals surface area contributed by atoms with Gasteiger partial charge in [-0.2, -0.15) is 8.78 Å². The van der Waals surface area contributed by atoms with Crippen molar-refractivity contribution in [1.82, 2.24) is 0 Å². The van der Waals surface area contributed by atoms with Crippen molar-refractivity contribution in [3.63, 3.8) is 0 Å². The first kappa shape index (κ1) is 11.7. The summed E-state index contributed by atoms with van der Waals surface area (Å²) in [5.41, 5.74) is 0.793. The maximum atomic E-state index is 12.2. The summed E-state index contributed by atoms with van der Waals surface area (Å²) in [6.07, 6.45) is 1.98. The second kappa shape index (κ2) is 4.61. The van der Waals surface area contributed by atoms with Gasteiger partial charge in [-0.05, 0) is 42.5 Å². The van der Waals surface area contributed by atoms with E-state index < -0.39 is 12.4 Å². The molecular weight excluding hydrogens is 230 g/mol. The van der Waals surface area contributed by atoms with Crippen LogP contribution in [0.25, 0.3) is 0 Å². The molecule has 5 heteroatoms. The van der Waals surface area contributed by atoms with Gasteiger partial charge in [0.15, 0.2) is 6.29 Å². The standard InChI is InChI=1S/C12H10F2O3/c13-12(14)17-11-4-3-8(10(16)6-15)5-9(11)7-1-2-7/h3-7,12H,1-2H2.